The molecule has 34 heavy (non-hydrogen) atoms. The molecule has 3 aromatic rings. The molecule has 4 rings (SSSR count). The molecule has 1 amide bonds. The fraction of sp³-hybridized carbons (Fsp3) is 0.480. The van der Waals surface area contributed by atoms with E-state index in [1.54, 1.807) is 6.26 Å². The summed E-state index contributed by atoms with van der Waals surface area (Å²) in [6.45, 7) is 9.62. The third kappa shape index (κ3) is 6.14. The Morgan fingerprint density at radius 3 is 2.71 bits per heavy atom. The predicted octanol–water partition coefficient (Wildman–Crippen LogP) is 4.92. The lowest BCUT2D eigenvalue weighted by molar-refractivity contribution is -0.113. The zero-order chi connectivity index (χ0) is 23.9. The van der Waals surface area contributed by atoms with Crippen LogP contribution in [-0.2, 0) is 11.3 Å². The molecule has 1 N–H and O–H groups in total. The van der Waals surface area contributed by atoms with Crippen LogP contribution in [0.5, 0.6) is 5.75 Å². The zero-order valence-electron chi connectivity index (χ0n) is 20.1. The van der Waals surface area contributed by atoms with Gasteiger partial charge in [0.25, 0.3) is 0 Å². The van der Waals surface area contributed by atoms with Gasteiger partial charge in [-0.3, -0.25) is 9.36 Å². The molecule has 0 spiro atoms. The molecular weight excluding hydrogens is 450 g/mol. The van der Waals surface area contributed by atoms with Crippen LogP contribution in [0.3, 0.4) is 0 Å². The van der Waals surface area contributed by atoms with Gasteiger partial charge in [-0.2, -0.15) is 0 Å². The summed E-state index contributed by atoms with van der Waals surface area (Å²) >= 11 is 1.37. The molecule has 2 aromatic heterocycles. The number of carbonyl (C=O) groups is 1. The van der Waals surface area contributed by atoms with Crippen LogP contribution in [0.25, 0.3) is 0 Å². The molecule has 182 valence electrons. The Labute approximate surface area is 205 Å². The summed E-state index contributed by atoms with van der Waals surface area (Å²) in [7, 11) is 0. The minimum atomic E-state index is -0.119. The molecule has 3 heterocycles. The Morgan fingerprint density at radius 1 is 1.18 bits per heavy atom. The maximum absolute atomic E-state index is 12.8. The number of benzene rings is 1. The van der Waals surface area contributed by atoms with Crippen molar-refractivity contribution in [3.63, 3.8) is 0 Å². The highest BCUT2D eigenvalue weighted by atomic mass is 32.2. The van der Waals surface area contributed by atoms with Crippen LogP contribution in [0.15, 0.2) is 52.2 Å². The second-order valence-electron chi connectivity index (χ2n) is 8.98. The van der Waals surface area contributed by atoms with E-state index in [1.165, 1.54) is 18.2 Å². The molecule has 1 saturated heterocycles. The Morgan fingerprint density at radius 2 is 1.97 bits per heavy atom. The average molecular weight is 484 g/mol. The topological polar surface area (TPSA) is 85.4 Å². The second-order valence-corrected chi connectivity index (χ2v) is 9.92. The Balaban J connectivity index is 1.47. The molecule has 8 nitrogen and oxygen atoms in total. The molecule has 1 fully saturated rings. The maximum Gasteiger partial charge on any atom is 0.234 e. The Bertz CT molecular complexity index is 1060. The maximum atomic E-state index is 12.8. The number of ether oxygens (including phenoxy) is 1. The average Bonchev–Trinajstić information content (AvgIpc) is 3.47. The number of aromatic nitrogens is 3. The quantitative estimate of drug-likeness (QED) is 0.410. The largest absolute Gasteiger partial charge is 0.491 e. The minimum Gasteiger partial charge on any atom is -0.491 e. The van der Waals surface area contributed by atoms with Gasteiger partial charge in [-0.05, 0) is 48.9 Å². The van der Waals surface area contributed by atoms with Crippen LogP contribution in [0.1, 0.15) is 39.4 Å². The van der Waals surface area contributed by atoms with Crippen molar-refractivity contribution in [1.29, 1.82) is 0 Å². The summed E-state index contributed by atoms with van der Waals surface area (Å²) < 4.78 is 13.4. The van der Waals surface area contributed by atoms with Gasteiger partial charge in [0.2, 0.25) is 11.9 Å². The SMILES string of the molecule is CCCOc1ccccc1NC(=O)CSc1nnc(N2CC(C)CC(C)C2)n1Cc1ccco1. The lowest BCUT2D eigenvalue weighted by Gasteiger charge is -2.35. The number of thioether (sulfide) groups is 1. The van der Waals surface area contributed by atoms with Gasteiger partial charge < -0.3 is 19.4 Å². The fourth-order valence-electron chi connectivity index (χ4n) is 4.37. The van der Waals surface area contributed by atoms with Crippen molar-refractivity contribution in [2.24, 2.45) is 11.8 Å². The number of piperidine rings is 1. The third-order valence-corrected chi connectivity index (χ3v) is 6.67. The molecule has 0 bridgehead atoms. The van der Waals surface area contributed by atoms with Crippen LogP contribution < -0.4 is 15.0 Å². The summed E-state index contributed by atoms with van der Waals surface area (Å²) in [4.78, 5) is 15.1. The van der Waals surface area contributed by atoms with Crippen LogP contribution in [0, 0.1) is 11.8 Å². The first-order valence-corrected chi connectivity index (χ1v) is 12.9. The molecule has 9 heteroatoms. The molecule has 1 aromatic carbocycles. The first-order chi connectivity index (χ1) is 16.5. The van der Waals surface area contributed by atoms with Gasteiger partial charge in [0.15, 0.2) is 5.16 Å². The van der Waals surface area contributed by atoms with Gasteiger partial charge in [-0.15, -0.1) is 10.2 Å². The minimum absolute atomic E-state index is 0.119. The number of amides is 1. The lowest BCUT2D eigenvalue weighted by Crippen LogP contribution is -2.40. The summed E-state index contributed by atoms with van der Waals surface area (Å²) in [6.07, 6.45) is 3.79. The number of nitrogens with zero attached hydrogens (tertiary/aromatic N) is 4. The van der Waals surface area contributed by atoms with E-state index in [0.29, 0.717) is 41.6 Å². The number of carbonyl (C=O) groups excluding carboxylic acids is 1. The molecule has 2 unspecified atom stereocenters. The van der Waals surface area contributed by atoms with Crippen molar-refractivity contribution in [3.05, 3.63) is 48.4 Å². The Hall–Kier alpha value is -2.94. The van der Waals surface area contributed by atoms with Crippen molar-refractivity contribution >= 4 is 29.3 Å². The number of hydrogen-bond acceptors (Lipinski definition) is 7. The molecule has 2 atom stereocenters. The van der Waals surface area contributed by atoms with Crippen LogP contribution in [0.2, 0.25) is 0 Å². The fourth-order valence-corrected chi connectivity index (χ4v) is 5.10. The summed E-state index contributed by atoms with van der Waals surface area (Å²) in [5, 5.41) is 12.6. The van der Waals surface area contributed by atoms with Crippen molar-refractivity contribution in [3.8, 4) is 5.75 Å². The van der Waals surface area contributed by atoms with Crippen LogP contribution in [0.4, 0.5) is 11.6 Å². The van der Waals surface area contributed by atoms with E-state index < -0.39 is 0 Å². The van der Waals surface area contributed by atoms with E-state index in [2.05, 4.69) is 45.8 Å². The van der Waals surface area contributed by atoms with Gasteiger partial charge >= 0.3 is 0 Å². The van der Waals surface area contributed by atoms with Crippen molar-refractivity contribution < 1.29 is 13.9 Å². The molecule has 1 aliphatic heterocycles. The first-order valence-electron chi connectivity index (χ1n) is 11.9. The molecule has 0 saturated carbocycles. The van der Waals surface area contributed by atoms with E-state index in [0.717, 1.165) is 31.2 Å². The van der Waals surface area contributed by atoms with E-state index in [9.17, 15) is 4.79 Å². The molecule has 0 radical (unpaired) electrons. The van der Waals surface area contributed by atoms with Crippen LogP contribution in [-0.4, -0.2) is 46.1 Å². The van der Waals surface area contributed by atoms with Gasteiger partial charge in [-0.1, -0.05) is 44.7 Å². The standard InChI is InChI=1S/C25H33N5O3S/c1-4-11-33-22-10-6-5-9-21(22)26-23(31)17-34-25-28-27-24(29-14-18(2)13-19(3)15-29)30(25)16-20-8-7-12-32-20/h5-10,12,18-19H,4,11,13-17H2,1-3H3,(H,26,31). The van der Waals surface area contributed by atoms with Crippen LogP contribution >= 0.6 is 11.8 Å². The van der Waals surface area contributed by atoms with Gasteiger partial charge in [-0.25, -0.2) is 0 Å². The van der Waals surface area contributed by atoms with E-state index >= 15 is 0 Å². The van der Waals surface area contributed by atoms with Gasteiger partial charge in [0, 0.05) is 13.1 Å². The highest BCUT2D eigenvalue weighted by Crippen LogP contribution is 2.29. The van der Waals surface area contributed by atoms with E-state index in [4.69, 9.17) is 9.15 Å². The highest BCUT2D eigenvalue weighted by Gasteiger charge is 2.27. The second kappa shape index (κ2) is 11.5. The summed E-state index contributed by atoms with van der Waals surface area (Å²) in [5.74, 6) is 3.61. The predicted molar refractivity (Wildman–Crippen MR) is 135 cm³/mol. The van der Waals surface area contributed by atoms with E-state index in [-0.39, 0.29) is 11.7 Å². The lowest BCUT2D eigenvalue weighted by atomic mass is 9.92. The van der Waals surface area contributed by atoms with Crippen molar-refractivity contribution in [2.75, 3.05) is 35.7 Å². The highest BCUT2D eigenvalue weighted by molar-refractivity contribution is 7.99. The number of anilines is 2. The van der Waals surface area contributed by atoms with Gasteiger partial charge in [0.1, 0.15) is 11.5 Å². The van der Waals surface area contributed by atoms with Gasteiger partial charge in [0.05, 0.1) is 30.9 Å². The van der Waals surface area contributed by atoms with Crippen molar-refractivity contribution in [1.82, 2.24) is 14.8 Å². The third-order valence-electron chi connectivity index (χ3n) is 5.70. The number of nitrogens with one attached hydrogen (secondary N) is 1. The number of para-hydroxylation sites is 2. The van der Waals surface area contributed by atoms with E-state index in [1.807, 2.05) is 36.4 Å². The number of hydrogen-bond donors (Lipinski definition) is 1. The number of furan rings is 1. The number of rotatable bonds is 10. The summed E-state index contributed by atoms with van der Waals surface area (Å²) in [5.41, 5.74) is 0.676. The van der Waals surface area contributed by atoms with Crippen molar-refractivity contribution in [2.45, 2.75) is 45.3 Å². The zero-order valence-corrected chi connectivity index (χ0v) is 20.9. The first kappa shape index (κ1) is 24.2. The molecule has 1 aliphatic rings. The smallest absolute Gasteiger partial charge is 0.234 e. The molecule has 0 aliphatic carbocycles. The summed E-state index contributed by atoms with van der Waals surface area (Å²) in [6, 6.07) is 11.3. The monoisotopic (exact) mass is 483 g/mol. The normalized spacial score (nSPS) is 18.1. The Kier molecular flexibility index (Phi) is 8.16. The molecular formula is C25H33N5O3S.